The van der Waals surface area contributed by atoms with Crippen molar-refractivity contribution in [3.63, 3.8) is 0 Å². The number of pyridine rings is 1. The molecular formula is C19H19N3OS. The summed E-state index contributed by atoms with van der Waals surface area (Å²) < 4.78 is 0. The molecule has 0 radical (unpaired) electrons. The van der Waals surface area contributed by atoms with Gasteiger partial charge in [0.2, 0.25) is 0 Å². The van der Waals surface area contributed by atoms with Crippen LogP contribution >= 0.6 is 11.3 Å². The van der Waals surface area contributed by atoms with Gasteiger partial charge in [-0.05, 0) is 31.4 Å². The molecule has 0 aliphatic heterocycles. The maximum Gasteiger partial charge on any atom is 0.263 e. The molecule has 1 aromatic carbocycles. The number of hydrogen-bond acceptors (Lipinski definition) is 4. The van der Waals surface area contributed by atoms with Crippen LogP contribution in [0.3, 0.4) is 0 Å². The van der Waals surface area contributed by atoms with Gasteiger partial charge in [-0.15, -0.1) is 11.3 Å². The van der Waals surface area contributed by atoms with Gasteiger partial charge in [0.15, 0.2) is 0 Å². The Morgan fingerprint density at radius 2 is 2.00 bits per heavy atom. The van der Waals surface area contributed by atoms with Crippen LogP contribution in [0.5, 0.6) is 0 Å². The second-order valence-corrected chi connectivity index (χ2v) is 6.52. The second kappa shape index (κ2) is 7.84. The molecule has 0 bridgehead atoms. The van der Waals surface area contributed by atoms with Crippen LogP contribution in [0, 0.1) is 6.92 Å². The van der Waals surface area contributed by atoms with Crippen LogP contribution < -0.4 is 5.32 Å². The molecule has 0 fully saturated rings. The van der Waals surface area contributed by atoms with Gasteiger partial charge >= 0.3 is 0 Å². The van der Waals surface area contributed by atoms with Crippen molar-refractivity contribution in [3.8, 4) is 10.6 Å². The third-order valence-corrected chi connectivity index (χ3v) is 4.88. The van der Waals surface area contributed by atoms with Crippen LogP contribution in [0.2, 0.25) is 0 Å². The summed E-state index contributed by atoms with van der Waals surface area (Å²) in [6.07, 6.45) is 5.43. The highest BCUT2D eigenvalue weighted by atomic mass is 32.1. The van der Waals surface area contributed by atoms with Crippen molar-refractivity contribution < 1.29 is 4.79 Å². The van der Waals surface area contributed by atoms with E-state index in [0.29, 0.717) is 11.4 Å². The number of thiazole rings is 1. The van der Waals surface area contributed by atoms with Gasteiger partial charge in [0, 0.05) is 24.5 Å². The highest BCUT2D eigenvalue weighted by Gasteiger charge is 2.15. The number of aryl methyl sites for hydroxylation is 2. The first-order valence-electron chi connectivity index (χ1n) is 7.94. The van der Waals surface area contributed by atoms with E-state index in [1.54, 1.807) is 6.20 Å². The van der Waals surface area contributed by atoms with Gasteiger partial charge in [-0.25, -0.2) is 4.98 Å². The van der Waals surface area contributed by atoms with E-state index < -0.39 is 0 Å². The highest BCUT2D eigenvalue weighted by molar-refractivity contribution is 7.17. The number of nitrogens with one attached hydrogen (secondary N) is 1. The zero-order valence-corrected chi connectivity index (χ0v) is 14.3. The number of aromatic nitrogens is 2. The Morgan fingerprint density at radius 1 is 1.17 bits per heavy atom. The number of rotatable bonds is 6. The molecular weight excluding hydrogens is 318 g/mol. The van der Waals surface area contributed by atoms with Crippen molar-refractivity contribution in [2.75, 3.05) is 6.54 Å². The van der Waals surface area contributed by atoms with Crippen LogP contribution in [0.15, 0.2) is 54.9 Å². The molecule has 122 valence electrons. The minimum Gasteiger partial charge on any atom is -0.351 e. The fourth-order valence-corrected chi connectivity index (χ4v) is 3.42. The van der Waals surface area contributed by atoms with Gasteiger partial charge < -0.3 is 5.32 Å². The van der Waals surface area contributed by atoms with Gasteiger partial charge in [-0.3, -0.25) is 9.78 Å². The number of nitrogens with zero attached hydrogens (tertiary/aromatic N) is 2. The molecule has 1 N–H and O–H groups in total. The predicted octanol–water partition coefficient (Wildman–Crippen LogP) is 3.88. The number of hydrogen-bond donors (Lipinski definition) is 1. The number of amides is 1. The van der Waals surface area contributed by atoms with E-state index in [1.807, 2.05) is 55.6 Å². The molecule has 0 spiro atoms. The Bertz CT molecular complexity index is 800. The van der Waals surface area contributed by atoms with Crippen LogP contribution in [0.1, 0.15) is 27.3 Å². The lowest BCUT2D eigenvalue weighted by atomic mass is 10.1. The Kier molecular flexibility index (Phi) is 5.33. The lowest BCUT2D eigenvalue weighted by molar-refractivity contribution is 0.0956. The zero-order valence-electron chi connectivity index (χ0n) is 13.5. The van der Waals surface area contributed by atoms with Crippen molar-refractivity contribution >= 4 is 17.2 Å². The molecule has 5 heteroatoms. The topological polar surface area (TPSA) is 54.9 Å². The largest absolute Gasteiger partial charge is 0.351 e. The van der Waals surface area contributed by atoms with E-state index >= 15 is 0 Å². The van der Waals surface area contributed by atoms with Gasteiger partial charge in [-0.2, -0.15) is 0 Å². The van der Waals surface area contributed by atoms with Crippen molar-refractivity contribution in [2.24, 2.45) is 0 Å². The molecule has 24 heavy (non-hydrogen) atoms. The van der Waals surface area contributed by atoms with Crippen molar-refractivity contribution in [1.29, 1.82) is 0 Å². The van der Waals surface area contributed by atoms with Gasteiger partial charge in [0.25, 0.3) is 5.91 Å². The van der Waals surface area contributed by atoms with E-state index in [9.17, 15) is 4.79 Å². The minimum atomic E-state index is -0.0432. The third-order valence-electron chi connectivity index (χ3n) is 3.67. The number of carbonyl (C=O) groups is 1. The lowest BCUT2D eigenvalue weighted by Crippen LogP contribution is -2.24. The summed E-state index contributed by atoms with van der Waals surface area (Å²) in [7, 11) is 0. The average Bonchev–Trinajstić information content (AvgIpc) is 3.02. The predicted molar refractivity (Wildman–Crippen MR) is 97.2 cm³/mol. The van der Waals surface area contributed by atoms with E-state index in [-0.39, 0.29) is 5.91 Å². The molecule has 2 aromatic heterocycles. The molecule has 3 rings (SSSR count). The Labute approximate surface area is 145 Å². The first-order chi connectivity index (χ1) is 11.7. The molecule has 3 aromatic rings. The van der Waals surface area contributed by atoms with Crippen molar-refractivity contribution in [2.45, 2.75) is 19.8 Å². The molecule has 2 heterocycles. The Balaban J connectivity index is 1.56. The van der Waals surface area contributed by atoms with Crippen LogP contribution in [-0.4, -0.2) is 22.4 Å². The summed E-state index contributed by atoms with van der Waals surface area (Å²) in [6.45, 7) is 2.53. The summed E-state index contributed by atoms with van der Waals surface area (Å²) in [6, 6.07) is 13.9. The Morgan fingerprint density at radius 3 is 2.75 bits per heavy atom. The molecule has 0 saturated heterocycles. The monoisotopic (exact) mass is 337 g/mol. The normalized spacial score (nSPS) is 10.5. The van der Waals surface area contributed by atoms with E-state index in [2.05, 4.69) is 15.3 Å². The lowest BCUT2D eigenvalue weighted by Gasteiger charge is -2.04. The first kappa shape index (κ1) is 16.3. The number of benzene rings is 1. The smallest absolute Gasteiger partial charge is 0.263 e. The first-order valence-corrected chi connectivity index (χ1v) is 8.75. The van der Waals surface area contributed by atoms with Gasteiger partial charge in [0.1, 0.15) is 9.88 Å². The maximum atomic E-state index is 12.4. The molecule has 4 nitrogen and oxygen atoms in total. The summed E-state index contributed by atoms with van der Waals surface area (Å²) in [4.78, 5) is 21.7. The van der Waals surface area contributed by atoms with Crippen LogP contribution in [-0.2, 0) is 6.42 Å². The van der Waals surface area contributed by atoms with Crippen LogP contribution in [0.25, 0.3) is 10.6 Å². The van der Waals surface area contributed by atoms with Gasteiger partial charge in [-0.1, -0.05) is 36.4 Å². The second-order valence-electron chi connectivity index (χ2n) is 5.52. The van der Waals surface area contributed by atoms with Crippen molar-refractivity contribution in [1.82, 2.24) is 15.3 Å². The zero-order chi connectivity index (χ0) is 16.8. The fraction of sp³-hybridized carbons (Fsp3) is 0.211. The van der Waals surface area contributed by atoms with Crippen LogP contribution in [0.4, 0.5) is 0 Å². The molecule has 0 aliphatic rings. The molecule has 0 aliphatic carbocycles. The van der Waals surface area contributed by atoms with Crippen molar-refractivity contribution in [3.05, 3.63) is 71.0 Å². The van der Waals surface area contributed by atoms with Gasteiger partial charge in [0.05, 0.1) is 5.69 Å². The summed E-state index contributed by atoms with van der Waals surface area (Å²) in [5.41, 5.74) is 3.01. The molecule has 0 saturated carbocycles. The molecule has 1 amide bonds. The number of carbonyl (C=O) groups excluding carboxylic acids is 1. The fourth-order valence-electron chi connectivity index (χ4n) is 2.43. The molecule has 0 unspecified atom stereocenters. The average molecular weight is 337 g/mol. The third kappa shape index (κ3) is 4.06. The quantitative estimate of drug-likeness (QED) is 0.695. The summed E-state index contributed by atoms with van der Waals surface area (Å²) >= 11 is 1.44. The SMILES string of the molecule is Cc1nc(-c2ccccc2)sc1C(=O)NCCCc1cccnc1. The highest BCUT2D eigenvalue weighted by Crippen LogP contribution is 2.27. The summed E-state index contributed by atoms with van der Waals surface area (Å²) in [5, 5.41) is 3.87. The minimum absolute atomic E-state index is 0.0432. The summed E-state index contributed by atoms with van der Waals surface area (Å²) in [5.74, 6) is -0.0432. The van der Waals surface area contributed by atoms with E-state index in [4.69, 9.17) is 0 Å². The standard InChI is InChI=1S/C19H19N3OS/c1-14-17(24-19(22-14)16-9-3-2-4-10-16)18(23)21-12-6-8-15-7-5-11-20-13-15/h2-5,7,9-11,13H,6,8,12H2,1H3,(H,21,23). The van der Waals surface area contributed by atoms with E-state index in [0.717, 1.165) is 29.1 Å². The Hall–Kier alpha value is -2.53. The van der Waals surface area contributed by atoms with E-state index in [1.165, 1.54) is 16.9 Å². The maximum absolute atomic E-state index is 12.4. The molecule has 0 atom stereocenters.